The lowest BCUT2D eigenvalue weighted by Gasteiger charge is -2.18. The van der Waals surface area contributed by atoms with E-state index >= 15 is 0 Å². The highest BCUT2D eigenvalue weighted by atomic mass is 35.5. The number of benzene rings is 2. The zero-order valence-corrected chi connectivity index (χ0v) is 20.3. The maximum Gasteiger partial charge on any atom is 0.335 e. The van der Waals surface area contributed by atoms with Gasteiger partial charge in [-0.1, -0.05) is 25.4 Å². The van der Waals surface area contributed by atoms with E-state index < -0.39 is 24.1 Å². The van der Waals surface area contributed by atoms with E-state index in [1.54, 1.807) is 11.3 Å². The van der Waals surface area contributed by atoms with Crippen LogP contribution < -0.4 is 4.74 Å². The number of carbonyl (C=O) groups is 2. The highest BCUT2D eigenvalue weighted by Crippen LogP contribution is 2.32. The normalized spacial score (nSPS) is 12.6. The Morgan fingerprint density at radius 3 is 2.15 bits per heavy atom. The summed E-state index contributed by atoms with van der Waals surface area (Å²) in [5.74, 6) is -2.64. The summed E-state index contributed by atoms with van der Waals surface area (Å²) in [6.07, 6.45) is -4.53. The first kappa shape index (κ1) is 27.5. The van der Waals surface area contributed by atoms with Gasteiger partial charge in [0.2, 0.25) is 0 Å². The first-order valence-corrected chi connectivity index (χ1v) is 11.7. The quantitative estimate of drug-likeness (QED) is 0.323. The summed E-state index contributed by atoms with van der Waals surface area (Å²) < 4.78 is 6.98. The summed E-state index contributed by atoms with van der Waals surface area (Å²) >= 11 is 7.71. The second-order valence-corrected chi connectivity index (χ2v) is 8.56. The molecule has 0 bridgehead atoms. The summed E-state index contributed by atoms with van der Waals surface area (Å²) in [6, 6.07) is 14.0. The van der Waals surface area contributed by atoms with E-state index in [1.165, 1.54) is 0 Å². The topological polar surface area (TPSA) is 140 Å². The second kappa shape index (κ2) is 13.2. The highest BCUT2D eigenvalue weighted by molar-refractivity contribution is 7.21. The van der Waals surface area contributed by atoms with Crippen LogP contribution in [0.25, 0.3) is 20.8 Å². The molecule has 184 valence electrons. The molecule has 34 heavy (non-hydrogen) atoms. The Bertz CT molecular complexity index is 1070. The van der Waals surface area contributed by atoms with Gasteiger partial charge < -0.3 is 30.1 Å². The number of hydrogen-bond donors (Lipinski definition) is 4. The molecule has 0 spiro atoms. The van der Waals surface area contributed by atoms with Crippen molar-refractivity contribution in [1.82, 2.24) is 9.88 Å². The number of carboxylic acid groups (broad SMARTS) is 2. The molecule has 3 rings (SSSR count). The summed E-state index contributed by atoms with van der Waals surface area (Å²) in [5, 5.41) is 34.2. The molecule has 0 saturated heterocycles. The van der Waals surface area contributed by atoms with Gasteiger partial charge in [-0.3, -0.25) is 0 Å². The van der Waals surface area contributed by atoms with Crippen molar-refractivity contribution < 1.29 is 34.8 Å². The van der Waals surface area contributed by atoms with Crippen molar-refractivity contribution in [3.05, 3.63) is 47.5 Å². The van der Waals surface area contributed by atoms with Crippen LogP contribution in [0.3, 0.4) is 0 Å². The Balaban J connectivity index is 0.000000347. The molecule has 1 aromatic heterocycles. The van der Waals surface area contributed by atoms with E-state index in [9.17, 15) is 9.59 Å². The predicted molar refractivity (Wildman–Crippen MR) is 131 cm³/mol. The number of aliphatic hydroxyl groups is 2. The van der Waals surface area contributed by atoms with Gasteiger partial charge in [-0.15, -0.1) is 11.3 Å². The molecule has 0 aliphatic rings. The molecule has 0 radical (unpaired) electrons. The van der Waals surface area contributed by atoms with Gasteiger partial charge in [-0.05, 0) is 55.6 Å². The maximum atomic E-state index is 9.77. The van der Waals surface area contributed by atoms with Crippen LogP contribution in [0.2, 0.25) is 5.02 Å². The number of halogens is 1. The first-order chi connectivity index (χ1) is 16.2. The monoisotopic (exact) mass is 510 g/mol. The van der Waals surface area contributed by atoms with Crippen molar-refractivity contribution in [3.8, 4) is 16.3 Å². The number of ether oxygens (including phenoxy) is 1. The average molecular weight is 511 g/mol. The van der Waals surface area contributed by atoms with Crippen LogP contribution in [0.15, 0.2) is 42.5 Å². The van der Waals surface area contributed by atoms with Crippen LogP contribution in [0, 0.1) is 0 Å². The minimum Gasteiger partial charge on any atom is -0.492 e. The van der Waals surface area contributed by atoms with Gasteiger partial charge in [0.1, 0.15) is 17.4 Å². The van der Waals surface area contributed by atoms with E-state index in [0.29, 0.717) is 6.61 Å². The number of hydrogen-bond acceptors (Lipinski definition) is 8. The van der Waals surface area contributed by atoms with Crippen LogP contribution in [-0.2, 0) is 9.59 Å². The minimum absolute atomic E-state index is 0.709. The lowest BCUT2D eigenvalue weighted by Crippen LogP contribution is -2.39. The van der Waals surface area contributed by atoms with E-state index in [2.05, 4.69) is 35.9 Å². The Morgan fingerprint density at radius 2 is 1.62 bits per heavy atom. The lowest BCUT2D eigenvalue weighted by atomic mass is 10.2. The molecule has 2 aromatic carbocycles. The Hall–Kier alpha value is -2.76. The standard InChI is InChI=1S/C19H21ClN2OS.C4H6O6/c1-3-22(4-2)11-12-23-16-8-5-14(6-9-16)19-21-17-13-15(20)7-10-18(17)24-19;5-1(3(7)8)2(6)4(9)10/h5-10,13H,3-4,11-12H2,1-2H3;1-2,5-6H,(H,7,8)(H,9,10)/t;1-,2-/m.1/s1. The fourth-order valence-corrected chi connectivity index (χ4v) is 3.94. The Labute approximate surface area is 205 Å². The van der Waals surface area contributed by atoms with Crippen LogP contribution in [0.4, 0.5) is 0 Å². The molecule has 0 fully saturated rings. The van der Waals surface area contributed by atoms with Gasteiger partial charge in [-0.2, -0.15) is 0 Å². The van der Waals surface area contributed by atoms with Crippen LogP contribution in [-0.4, -0.2) is 80.7 Å². The van der Waals surface area contributed by atoms with Gasteiger partial charge >= 0.3 is 11.9 Å². The summed E-state index contributed by atoms with van der Waals surface area (Å²) in [6.45, 7) is 8.11. The Morgan fingerprint density at radius 1 is 1.03 bits per heavy atom. The van der Waals surface area contributed by atoms with Gasteiger partial charge in [0.05, 0.1) is 10.2 Å². The lowest BCUT2D eigenvalue weighted by molar-refractivity contribution is -0.165. The van der Waals surface area contributed by atoms with Crippen molar-refractivity contribution in [2.45, 2.75) is 26.1 Å². The molecule has 1 heterocycles. The van der Waals surface area contributed by atoms with E-state index in [-0.39, 0.29) is 0 Å². The number of aliphatic hydroxyl groups excluding tert-OH is 2. The van der Waals surface area contributed by atoms with Gasteiger partial charge in [0.15, 0.2) is 12.2 Å². The smallest absolute Gasteiger partial charge is 0.335 e. The summed E-state index contributed by atoms with van der Waals surface area (Å²) in [4.78, 5) is 26.6. The minimum atomic E-state index is -2.27. The van der Waals surface area contributed by atoms with Gasteiger partial charge in [0, 0.05) is 17.1 Å². The third kappa shape index (κ3) is 7.93. The van der Waals surface area contributed by atoms with Crippen LogP contribution in [0.1, 0.15) is 13.8 Å². The van der Waals surface area contributed by atoms with E-state index in [4.69, 9.17) is 36.8 Å². The number of thiazole rings is 1. The summed E-state index contributed by atoms with van der Waals surface area (Å²) in [7, 11) is 0. The zero-order chi connectivity index (χ0) is 25.3. The SMILES string of the molecule is CCN(CC)CCOc1ccc(-c2nc3cc(Cl)ccc3s2)cc1.O=C(O)[C@H](O)[C@@H](O)C(=O)O. The molecule has 0 saturated carbocycles. The second-order valence-electron chi connectivity index (χ2n) is 7.10. The van der Waals surface area contributed by atoms with Crippen molar-refractivity contribution in [2.24, 2.45) is 0 Å². The van der Waals surface area contributed by atoms with Crippen molar-refractivity contribution in [3.63, 3.8) is 0 Å². The molecular formula is C23H27ClN2O7S. The average Bonchev–Trinajstić information content (AvgIpc) is 3.24. The fraction of sp³-hybridized carbons (Fsp3) is 0.348. The molecule has 0 amide bonds. The number of carboxylic acids is 2. The third-order valence-electron chi connectivity index (χ3n) is 4.83. The van der Waals surface area contributed by atoms with Gasteiger partial charge in [-0.25, -0.2) is 14.6 Å². The molecule has 11 heteroatoms. The molecular weight excluding hydrogens is 484 g/mol. The van der Waals surface area contributed by atoms with Crippen molar-refractivity contribution in [2.75, 3.05) is 26.2 Å². The molecule has 9 nitrogen and oxygen atoms in total. The number of rotatable bonds is 10. The first-order valence-electron chi connectivity index (χ1n) is 10.5. The number of likely N-dealkylation sites (N-methyl/N-ethyl adjacent to an activating group) is 1. The highest BCUT2D eigenvalue weighted by Gasteiger charge is 2.29. The van der Waals surface area contributed by atoms with Crippen molar-refractivity contribution >= 4 is 45.1 Å². The third-order valence-corrected chi connectivity index (χ3v) is 6.15. The summed E-state index contributed by atoms with van der Waals surface area (Å²) in [5.41, 5.74) is 2.05. The maximum absolute atomic E-state index is 9.77. The van der Waals surface area contributed by atoms with Gasteiger partial charge in [0.25, 0.3) is 0 Å². The molecule has 2 atom stereocenters. The largest absolute Gasteiger partial charge is 0.492 e. The van der Waals surface area contributed by atoms with Crippen LogP contribution in [0.5, 0.6) is 5.75 Å². The number of fused-ring (bicyclic) bond motifs is 1. The Kier molecular flexibility index (Phi) is 10.7. The van der Waals surface area contributed by atoms with Crippen LogP contribution >= 0.6 is 22.9 Å². The number of nitrogens with zero attached hydrogens (tertiary/aromatic N) is 2. The molecule has 0 unspecified atom stereocenters. The fourth-order valence-electron chi connectivity index (χ4n) is 2.82. The molecule has 4 N–H and O–H groups in total. The van der Waals surface area contributed by atoms with Crippen molar-refractivity contribution in [1.29, 1.82) is 0 Å². The predicted octanol–water partition coefficient (Wildman–Crippen LogP) is 3.21. The zero-order valence-electron chi connectivity index (χ0n) is 18.7. The molecule has 0 aliphatic heterocycles. The molecule has 3 aromatic rings. The number of aromatic nitrogens is 1. The number of aliphatic carboxylic acids is 2. The van der Waals surface area contributed by atoms with E-state index in [0.717, 1.165) is 51.2 Å². The van der Waals surface area contributed by atoms with E-state index in [1.807, 2.05) is 30.3 Å². The molecule has 0 aliphatic carbocycles.